The average molecular weight is 348 g/mol. The van der Waals surface area contributed by atoms with Crippen LogP contribution in [-0.2, 0) is 17.4 Å². The number of benzene rings is 2. The second-order valence-electron chi connectivity index (χ2n) is 5.60. The first kappa shape index (κ1) is 17.0. The Morgan fingerprint density at radius 2 is 1.84 bits per heavy atom. The number of para-hydroxylation sites is 1. The zero-order valence-corrected chi connectivity index (χ0v) is 13.2. The Morgan fingerprint density at radius 1 is 1.12 bits per heavy atom. The van der Waals surface area contributed by atoms with Crippen LogP contribution >= 0.6 is 0 Å². The maximum absolute atomic E-state index is 12.5. The molecule has 0 radical (unpaired) electrons. The number of anilines is 1. The van der Waals surface area contributed by atoms with Crippen molar-refractivity contribution in [3.63, 3.8) is 0 Å². The molecule has 2 aromatic rings. The van der Waals surface area contributed by atoms with Crippen LogP contribution in [0.3, 0.4) is 0 Å². The maximum Gasteiger partial charge on any atom is 0.440 e. The van der Waals surface area contributed by atoms with Crippen LogP contribution in [0.4, 0.5) is 23.7 Å². The Kier molecular flexibility index (Phi) is 4.74. The molecule has 0 bridgehead atoms. The van der Waals surface area contributed by atoms with Crippen LogP contribution in [-0.4, -0.2) is 18.9 Å². The molecule has 0 unspecified atom stereocenters. The van der Waals surface area contributed by atoms with Gasteiger partial charge in [-0.25, -0.2) is 4.79 Å². The van der Waals surface area contributed by atoms with Crippen molar-refractivity contribution in [2.45, 2.75) is 19.0 Å². The standard InChI is InChI=1S/C18H15F3N2O2/c19-18(20,21)15-9-7-13(8-10-15)12-22-25-17(24)23-11-3-5-14-4-1-2-6-16(14)23/h1-2,4,6-10,12H,3,5,11H2. The molecule has 3 rings (SSSR count). The Labute approximate surface area is 142 Å². The zero-order valence-electron chi connectivity index (χ0n) is 13.2. The van der Waals surface area contributed by atoms with Crippen LogP contribution < -0.4 is 4.90 Å². The SMILES string of the molecule is O=C(ON=Cc1ccc(C(F)(F)F)cc1)N1CCCc2ccccc21. The van der Waals surface area contributed by atoms with Gasteiger partial charge in [-0.1, -0.05) is 35.5 Å². The smallest absolute Gasteiger partial charge is 0.298 e. The molecule has 2 aromatic carbocycles. The maximum atomic E-state index is 12.5. The van der Waals surface area contributed by atoms with E-state index >= 15 is 0 Å². The highest BCUT2D eigenvalue weighted by Crippen LogP contribution is 2.29. The molecule has 1 heterocycles. The molecule has 0 fully saturated rings. The van der Waals surface area contributed by atoms with Crippen molar-refractivity contribution in [1.29, 1.82) is 0 Å². The quantitative estimate of drug-likeness (QED) is 0.451. The first-order chi connectivity index (χ1) is 11.9. The molecular formula is C18H15F3N2O2. The highest BCUT2D eigenvalue weighted by Gasteiger charge is 2.29. The van der Waals surface area contributed by atoms with Crippen LogP contribution in [0.15, 0.2) is 53.7 Å². The lowest BCUT2D eigenvalue weighted by Gasteiger charge is -2.27. The Hall–Kier alpha value is -2.83. The molecule has 0 saturated carbocycles. The third-order valence-corrected chi connectivity index (χ3v) is 3.90. The number of carbonyl (C=O) groups is 1. The normalized spacial score (nSPS) is 14.4. The highest BCUT2D eigenvalue weighted by molar-refractivity contribution is 5.89. The fraction of sp³-hybridized carbons (Fsp3) is 0.222. The lowest BCUT2D eigenvalue weighted by atomic mass is 10.0. The fourth-order valence-electron chi connectivity index (χ4n) is 2.66. The van der Waals surface area contributed by atoms with Gasteiger partial charge >= 0.3 is 12.3 Å². The first-order valence-corrected chi connectivity index (χ1v) is 7.72. The molecule has 0 saturated heterocycles. The summed E-state index contributed by atoms with van der Waals surface area (Å²) in [7, 11) is 0. The molecule has 0 aromatic heterocycles. The van der Waals surface area contributed by atoms with Crippen LogP contribution in [0.5, 0.6) is 0 Å². The molecule has 1 amide bonds. The minimum atomic E-state index is -4.39. The van der Waals surface area contributed by atoms with Gasteiger partial charge in [0.25, 0.3) is 0 Å². The average Bonchev–Trinajstić information content (AvgIpc) is 2.61. The van der Waals surface area contributed by atoms with Crippen molar-refractivity contribution < 1.29 is 22.8 Å². The van der Waals surface area contributed by atoms with Crippen LogP contribution in [0.1, 0.15) is 23.1 Å². The van der Waals surface area contributed by atoms with Crippen molar-refractivity contribution in [2.24, 2.45) is 5.16 Å². The molecular weight excluding hydrogens is 333 g/mol. The third kappa shape index (κ3) is 3.99. The zero-order chi connectivity index (χ0) is 17.9. The number of hydrogen-bond acceptors (Lipinski definition) is 3. The molecule has 0 aliphatic carbocycles. The summed E-state index contributed by atoms with van der Waals surface area (Å²) in [4.78, 5) is 18.6. The molecule has 7 heteroatoms. The number of alkyl halides is 3. The Balaban J connectivity index is 1.64. The fourth-order valence-corrected chi connectivity index (χ4v) is 2.66. The third-order valence-electron chi connectivity index (χ3n) is 3.90. The van der Waals surface area contributed by atoms with E-state index in [-0.39, 0.29) is 0 Å². The molecule has 130 valence electrons. The number of carbonyl (C=O) groups excluding carboxylic acids is 1. The highest BCUT2D eigenvalue weighted by atomic mass is 19.4. The molecule has 25 heavy (non-hydrogen) atoms. The number of oxime groups is 1. The van der Waals surface area contributed by atoms with Gasteiger partial charge in [0.1, 0.15) is 0 Å². The number of fused-ring (bicyclic) bond motifs is 1. The second kappa shape index (κ2) is 6.96. The second-order valence-corrected chi connectivity index (χ2v) is 5.60. The van der Waals surface area contributed by atoms with Gasteiger partial charge in [-0.15, -0.1) is 0 Å². The van der Waals surface area contributed by atoms with E-state index in [0.29, 0.717) is 12.1 Å². The monoisotopic (exact) mass is 348 g/mol. The predicted molar refractivity (Wildman–Crippen MR) is 87.6 cm³/mol. The van der Waals surface area contributed by atoms with Gasteiger partial charge in [-0.2, -0.15) is 13.2 Å². The summed E-state index contributed by atoms with van der Waals surface area (Å²) in [5, 5.41) is 3.58. The number of rotatable bonds is 2. The van der Waals surface area contributed by atoms with Crippen LogP contribution in [0.25, 0.3) is 0 Å². The molecule has 0 atom stereocenters. The van der Waals surface area contributed by atoms with Gasteiger partial charge in [0, 0.05) is 6.54 Å². The van der Waals surface area contributed by atoms with E-state index in [2.05, 4.69) is 5.16 Å². The van der Waals surface area contributed by atoms with E-state index < -0.39 is 17.8 Å². The Morgan fingerprint density at radius 3 is 2.56 bits per heavy atom. The Bertz CT molecular complexity index is 786. The van der Waals surface area contributed by atoms with Crippen molar-refractivity contribution in [2.75, 3.05) is 11.4 Å². The van der Waals surface area contributed by atoms with Crippen molar-refractivity contribution in [3.8, 4) is 0 Å². The molecule has 0 N–H and O–H groups in total. The van der Waals surface area contributed by atoms with E-state index in [0.717, 1.165) is 36.2 Å². The van der Waals surface area contributed by atoms with Crippen molar-refractivity contribution >= 4 is 18.0 Å². The molecule has 0 spiro atoms. The molecule has 4 nitrogen and oxygen atoms in total. The van der Waals surface area contributed by atoms with Gasteiger partial charge in [-0.05, 0) is 42.2 Å². The summed E-state index contributed by atoms with van der Waals surface area (Å²) in [6, 6.07) is 12.0. The van der Waals surface area contributed by atoms with Gasteiger partial charge in [0.2, 0.25) is 0 Å². The summed E-state index contributed by atoms with van der Waals surface area (Å²) in [5.74, 6) is 0. The van der Waals surface area contributed by atoms with Crippen molar-refractivity contribution in [3.05, 3.63) is 65.2 Å². The molecule has 1 aliphatic rings. The molecule has 1 aliphatic heterocycles. The van der Waals surface area contributed by atoms with Crippen molar-refractivity contribution in [1.82, 2.24) is 0 Å². The minimum Gasteiger partial charge on any atom is -0.298 e. The topological polar surface area (TPSA) is 41.9 Å². The summed E-state index contributed by atoms with van der Waals surface area (Å²) in [6.07, 6.45) is -2.07. The number of amides is 1. The van der Waals surface area contributed by atoms with E-state index in [1.165, 1.54) is 23.2 Å². The lowest BCUT2D eigenvalue weighted by molar-refractivity contribution is -0.137. The summed E-state index contributed by atoms with van der Waals surface area (Å²) >= 11 is 0. The number of halogens is 3. The number of nitrogens with zero attached hydrogens (tertiary/aromatic N) is 2. The van der Waals surface area contributed by atoms with Gasteiger partial charge < -0.3 is 0 Å². The predicted octanol–water partition coefficient (Wildman–Crippen LogP) is 4.63. The summed E-state index contributed by atoms with van der Waals surface area (Å²) < 4.78 is 37.5. The first-order valence-electron chi connectivity index (χ1n) is 7.72. The van der Waals surface area contributed by atoms with Gasteiger partial charge in [0.15, 0.2) is 0 Å². The van der Waals surface area contributed by atoms with Gasteiger partial charge in [-0.3, -0.25) is 9.74 Å². The summed E-state index contributed by atoms with van der Waals surface area (Å²) in [6.45, 7) is 0.533. The van der Waals surface area contributed by atoms with E-state index in [9.17, 15) is 18.0 Å². The van der Waals surface area contributed by atoms with E-state index in [1.54, 1.807) is 0 Å². The van der Waals surface area contributed by atoms with Gasteiger partial charge in [0.05, 0.1) is 17.5 Å². The van der Waals surface area contributed by atoms with Crippen LogP contribution in [0, 0.1) is 0 Å². The minimum absolute atomic E-state index is 0.403. The van der Waals surface area contributed by atoms with Crippen LogP contribution in [0.2, 0.25) is 0 Å². The lowest BCUT2D eigenvalue weighted by Crippen LogP contribution is -2.35. The summed E-state index contributed by atoms with van der Waals surface area (Å²) in [5.41, 5.74) is 1.52. The van der Waals surface area contributed by atoms with E-state index in [1.807, 2.05) is 24.3 Å². The number of hydrogen-bond donors (Lipinski definition) is 0. The largest absolute Gasteiger partial charge is 0.440 e. The van der Waals surface area contributed by atoms with E-state index in [4.69, 9.17) is 4.84 Å². The number of aryl methyl sites for hydroxylation is 1.